The lowest BCUT2D eigenvalue weighted by Gasteiger charge is -2.31. The van der Waals surface area contributed by atoms with E-state index in [-0.39, 0.29) is 23.3 Å². The summed E-state index contributed by atoms with van der Waals surface area (Å²) < 4.78 is 0. The zero-order valence-corrected chi connectivity index (χ0v) is 26.5. The van der Waals surface area contributed by atoms with Gasteiger partial charge in [0.15, 0.2) is 0 Å². The maximum absolute atomic E-state index is 13.4. The van der Waals surface area contributed by atoms with Gasteiger partial charge in [-0.15, -0.1) is 0 Å². The molecule has 7 heteroatoms. The topological polar surface area (TPSA) is 93.8 Å². The van der Waals surface area contributed by atoms with Crippen LogP contribution in [0.4, 0.5) is 5.69 Å². The molecule has 0 N–H and O–H groups in total. The summed E-state index contributed by atoms with van der Waals surface area (Å²) in [6.07, 6.45) is 9.53. The number of hydrogen-bond acceptors (Lipinski definition) is 5. The van der Waals surface area contributed by atoms with Gasteiger partial charge in [0.25, 0.3) is 11.8 Å². The van der Waals surface area contributed by atoms with Crippen molar-refractivity contribution in [2.24, 2.45) is 22.7 Å². The first-order valence-corrected chi connectivity index (χ1v) is 15.5. The highest BCUT2D eigenvalue weighted by molar-refractivity contribution is 6.11. The van der Waals surface area contributed by atoms with Crippen molar-refractivity contribution in [1.82, 2.24) is 9.80 Å². The van der Waals surface area contributed by atoms with Crippen molar-refractivity contribution in [2.75, 3.05) is 19.6 Å². The van der Waals surface area contributed by atoms with Crippen LogP contribution in [0.5, 0.6) is 0 Å². The van der Waals surface area contributed by atoms with Crippen LogP contribution in [0.3, 0.4) is 0 Å². The number of hydrogen-bond donors (Lipinski definition) is 0. The number of imide groups is 1. The number of benzene rings is 1. The van der Waals surface area contributed by atoms with Crippen LogP contribution >= 0.6 is 0 Å². The molecule has 1 aromatic rings. The van der Waals surface area contributed by atoms with Gasteiger partial charge in [-0.3, -0.25) is 24.3 Å². The van der Waals surface area contributed by atoms with E-state index in [0.29, 0.717) is 35.2 Å². The van der Waals surface area contributed by atoms with Gasteiger partial charge in [-0.2, -0.15) is 5.26 Å². The van der Waals surface area contributed by atoms with E-state index in [0.717, 1.165) is 30.8 Å². The number of para-hydroxylation sites is 1. The lowest BCUT2D eigenvalue weighted by molar-refractivity contribution is -0.145. The van der Waals surface area contributed by atoms with Crippen molar-refractivity contribution in [3.8, 4) is 6.07 Å². The Hall–Kier alpha value is -3.27. The van der Waals surface area contributed by atoms with Crippen LogP contribution in [0.2, 0.25) is 0 Å². The minimum atomic E-state index is -0.462. The van der Waals surface area contributed by atoms with E-state index < -0.39 is 5.91 Å². The normalized spacial score (nSPS) is 16.4. The molecule has 0 saturated carbocycles. The van der Waals surface area contributed by atoms with Crippen molar-refractivity contribution >= 4 is 30.1 Å². The predicted octanol–water partition coefficient (Wildman–Crippen LogP) is 7.74. The second kappa shape index (κ2) is 19.0. The van der Waals surface area contributed by atoms with Gasteiger partial charge < -0.3 is 4.90 Å². The summed E-state index contributed by atoms with van der Waals surface area (Å²) in [6, 6.07) is 9.45. The molecule has 0 bridgehead atoms. The minimum absolute atomic E-state index is 0.110. The summed E-state index contributed by atoms with van der Waals surface area (Å²) in [4.78, 5) is 43.9. The molecule has 226 valence electrons. The van der Waals surface area contributed by atoms with Gasteiger partial charge >= 0.3 is 0 Å². The zero-order valence-electron chi connectivity index (χ0n) is 26.5. The van der Waals surface area contributed by atoms with Crippen LogP contribution in [-0.4, -0.2) is 53.9 Å². The number of nitriles is 1. The molecule has 1 heterocycles. The summed E-state index contributed by atoms with van der Waals surface area (Å²) in [6.45, 7) is 19.7. The third kappa shape index (κ3) is 10.3. The fraction of sp³-hybridized carbons (Fsp3) is 0.618. The van der Waals surface area contributed by atoms with Gasteiger partial charge in [0.2, 0.25) is 5.91 Å². The third-order valence-electron chi connectivity index (χ3n) is 8.20. The molecule has 3 amide bonds. The monoisotopic (exact) mass is 564 g/mol. The Morgan fingerprint density at radius 2 is 1.56 bits per heavy atom. The van der Waals surface area contributed by atoms with Crippen molar-refractivity contribution < 1.29 is 14.4 Å². The molecular weight excluding hydrogens is 512 g/mol. The number of amides is 3. The molecule has 0 aliphatic carbocycles. The third-order valence-corrected chi connectivity index (χ3v) is 8.20. The second-order valence-electron chi connectivity index (χ2n) is 11.0. The number of carbonyl (C=O) groups is 3. The van der Waals surface area contributed by atoms with Crippen LogP contribution in [0, 0.1) is 29.1 Å². The zero-order chi connectivity index (χ0) is 30.9. The first-order valence-electron chi connectivity index (χ1n) is 15.5. The van der Waals surface area contributed by atoms with Crippen LogP contribution in [0.15, 0.2) is 40.4 Å². The molecule has 2 rings (SSSR count). The van der Waals surface area contributed by atoms with Crippen LogP contribution in [-0.2, 0) is 9.59 Å². The van der Waals surface area contributed by atoms with E-state index in [1.807, 2.05) is 30.3 Å². The van der Waals surface area contributed by atoms with Gasteiger partial charge in [0, 0.05) is 19.6 Å². The predicted molar refractivity (Wildman–Crippen MR) is 168 cm³/mol. The highest BCUT2D eigenvalue weighted by atomic mass is 16.2. The number of nitrogens with zero attached hydrogens (tertiary/aromatic N) is 4. The summed E-state index contributed by atoms with van der Waals surface area (Å²) in [5, 5.41) is 8.78. The Labute approximate surface area is 248 Å². The average molecular weight is 565 g/mol. The molecule has 0 aromatic heterocycles. The van der Waals surface area contributed by atoms with Crippen LogP contribution < -0.4 is 0 Å². The molecule has 7 nitrogen and oxygen atoms in total. The van der Waals surface area contributed by atoms with E-state index in [9.17, 15) is 14.4 Å². The van der Waals surface area contributed by atoms with E-state index >= 15 is 0 Å². The molecule has 0 radical (unpaired) electrons. The summed E-state index contributed by atoms with van der Waals surface area (Å²) in [7, 11) is 0. The fourth-order valence-electron chi connectivity index (χ4n) is 5.14. The fourth-order valence-corrected chi connectivity index (χ4v) is 5.14. The molecule has 1 aliphatic heterocycles. The molecule has 0 fully saturated rings. The van der Waals surface area contributed by atoms with Crippen LogP contribution in [0.1, 0.15) is 110 Å². The number of likely N-dealkylation sites (N-methyl/N-ethyl adjacent to an activating group) is 1. The standard InChI is InChI=1S/C24H40N2O.C10H12N2O2/c1-6-10-14-20(8-3)18-26(19-21(9-4)15-11-7-2)24(27)22-16-12-13-17-23(22)25-5;1-4-12-9(13)7(3)6(2)8(5-11)10(12)14/h12-13,16-17,20-21H,5-11,14-15,18-19H2,1-4H3;7H,4H2,1-3H3. The highest BCUT2D eigenvalue weighted by Gasteiger charge is 2.35. The first kappa shape index (κ1) is 35.8. The molecule has 1 aromatic carbocycles. The Morgan fingerprint density at radius 1 is 1.02 bits per heavy atom. The minimum Gasteiger partial charge on any atom is -0.338 e. The van der Waals surface area contributed by atoms with Gasteiger partial charge in [0.05, 0.1) is 17.2 Å². The number of carbonyl (C=O) groups excluding carboxylic acids is 3. The van der Waals surface area contributed by atoms with Gasteiger partial charge in [0.1, 0.15) is 11.6 Å². The smallest absolute Gasteiger partial charge is 0.271 e. The average Bonchev–Trinajstić information content (AvgIpc) is 2.99. The Balaban J connectivity index is 0.000000502. The van der Waals surface area contributed by atoms with E-state index in [1.165, 1.54) is 38.5 Å². The van der Waals surface area contributed by atoms with Gasteiger partial charge in [-0.05, 0) is 69.9 Å². The second-order valence-corrected chi connectivity index (χ2v) is 11.0. The number of aliphatic imine (C=N–C) groups is 1. The SMILES string of the molecule is C=Nc1ccccc1C(=O)N(CC(CC)CCCC)CC(CC)CCCC.CCN1C(=O)C(C#N)=C(C)C(C)C1=O. The molecule has 3 atom stereocenters. The molecule has 0 spiro atoms. The van der Waals surface area contributed by atoms with Crippen molar-refractivity contribution in [3.63, 3.8) is 0 Å². The molecule has 3 unspecified atom stereocenters. The summed E-state index contributed by atoms with van der Waals surface area (Å²) in [5.74, 6) is 0.220. The molecule has 41 heavy (non-hydrogen) atoms. The van der Waals surface area contributed by atoms with E-state index in [2.05, 4.69) is 44.3 Å². The molecule has 1 aliphatic rings. The van der Waals surface area contributed by atoms with Crippen molar-refractivity contribution in [3.05, 3.63) is 41.0 Å². The lowest BCUT2D eigenvalue weighted by Crippen LogP contribution is -2.45. The highest BCUT2D eigenvalue weighted by Crippen LogP contribution is 2.26. The lowest BCUT2D eigenvalue weighted by atomic mass is 9.91. The van der Waals surface area contributed by atoms with E-state index in [1.54, 1.807) is 20.8 Å². The Bertz CT molecular complexity index is 1070. The number of unbranched alkanes of at least 4 members (excludes halogenated alkanes) is 2. The quantitative estimate of drug-likeness (QED) is 0.161. The Kier molecular flexibility index (Phi) is 16.5. The van der Waals surface area contributed by atoms with Crippen molar-refractivity contribution in [1.29, 1.82) is 5.26 Å². The Morgan fingerprint density at radius 3 is 2.00 bits per heavy atom. The largest absolute Gasteiger partial charge is 0.338 e. The first-order chi connectivity index (χ1) is 19.6. The summed E-state index contributed by atoms with van der Waals surface area (Å²) >= 11 is 0. The summed E-state index contributed by atoms with van der Waals surface area (Å²) in [5.41, 5.74) is 2.06. The van der Waals surface area contributed by atoms with Gasteiger partial charge in [-0.25, -0.2) is 0 Å². The maximum Gasteiger partial charge on any atom is 0.271 e. The molecular formula is C34H52N4O3. The molecule has 0 saturated heterocycles. The number of rotatable bonds is 15. The van der Waals surface area contributed by atoms with Gasteiger partial charge in [-0.1, -0.05) is 78.4 Å². The van der Waals surface area contributed by atoms with Crippen molar-refractivity contribution in [2.45, 2.75) is 99.8 Å². The van der Waals surface area contributed by atoms with E-state index in [4.69, 9.17) is 5.26 Å². The maximum atomic E-state index is 13.4. The van der Waals surface area contributed by atoms with Crippen LogP contribution in [0.25, 0.3) is 0 Å².